The van der Waals surface area contributed by atoms with Gasteiger partial charge in [-0.25, -0.2) is 9.78 Å². The van der Waals surface area contributed by atoms with Crippen molar-refractivity contribution in [2.75, 3.05) is 30.4 Å². The second kappa shape index (κ2) is 9.18. The van der Waals surface area contributed by atoms with Crippen LogP contribution in [-0.4, -0.2) is 40.9 Å². The molecule has 1 saturated heterocycles. The van der Waals surface area contributed by atoms with E-state index in [4.69, 9.17) is 16.3 Å². The second-order valence-electron chi connectivity index (χ2n) is 7.18. The molecule has 1 fully saturated rings. The topological polar surface area (TPSA) is 89.3 Å². The van der Waals surface area contributed by atoms with Gasteiger partial charge in [0.15, 0.2) is 0 Å². The summed E-state index contributed by atoms with van der Waals surface area (Å²) in [5.41, 5.74) is 0.998. The molecule has 3 aromatic rings. The van der Waals surface area contributed by atoms with E-state index in [0.717, 1.165) is 23.6 Å². The summed E-state index contributed by atoms with van der Waals surface area (Å²) in [6.45, 7) is 2.03. The summed E-state index contributed by atoms with van der Waals surface area (Å²) < 4.78 is 5.87. The maximum Gasteiger partial charge on any atom is 0.340 e. The Morgan fingerprint density at radius 1 is 1.10 bits per heavy atom. The third kappa shape index (κ3) is 4.39. The SMILES string of the molecule is COC(=O)c1ccccc1-n1ncc(Nc2ccc(N3CCCCC3)nc2)c(Cl)c1=O. The van der Waals surface area contributed by atoms with E-state index in [1.165, 1.54) is 32.6 Å². The molecule has 1 N–H and O–H groups in total. The molecule has 0 saturated carbocycles. The van der Waals surface area contributed by atoms with Crippen LogP contribution in [0.15, 0.2) is 53.6 Å². The number of anilines is 3. The molecule has 0 bridgehead atoms. The van der Waals surface area contributed by atoms with Crippen molar-refractivity contribution in [2.45, 2.75) is 19.3 Å². The maximum absolute atomic E-state index is 12.9. The van der Waals surface area contributed by atoms with Crippen molar-refractivity contribution in [2.24, 2.45) is 0 Å². The number of ether oxygens (including phenoxy) is 1. The number of pyridine rings is 1. The van der Waals surface area contributed by atoms with Crippen molar-refractivity contribution in [1.82, 2.24) is 14.8 Å². The number of esters is 1. The van der Waals surface area contributed by atoms with Gasteiger partial charge in [0, 0.05) is 13.1 Å². The van der Waals surface area contributed by atoms with Gasteiger partial charge >= 0.3 is 5.97 Å². The zero-order valence-electron chi connectivity index (χ0n) is 17.0. The molecule has 0 aliphatic carbocycles. The number of nitrogens with one attached hydrogen (secondary N) is 1. The molecule has 1 aromatic carbocycles. The van der Waals surface area contributed by atoms with Gasteiger partial charge in [-0.2, -0.15) is 9.78 Å². The lowest BCUT2D eigenvalue weighted by Gasteiger charge is -2.27. The van der Waals surface area contributed by atoms with Gasteiger partial charge in [0.25, 0.3) is 5.56 Å². The van der Waals surface area contributed by atoms with Crippen LogP contribution in [0.4, 0.5) is 17.2 Å². The van der Waals surface area contributed by atoms with Crippen molar-refractivity contribution in [3.8, 4) is 5.69 Å². The molecule has 0 spiro atoms. The first-order chi connectivity index (χ1) is 15.1. The predicted molar refractivity (Wildman–Crippen MR) is 120 cm³/mol. The Labute approximate surface area is 184 Å². The number of methoxy groups -OCH3 is 1. The first-order valence-corrected chi connectivity index (χ1v) is 10.4. The number of aromatic nitrogens is 3. The summed E-state index contributed by atoms with van der Waals surface area (Å²) in [7, 11) is 1.28. The van der Waals surface area contributed by atoms with Gasteiger partial charge in [0.05, 0.1) is 42.1 Å². The molecule has 9 heteroatoms. The lowest BCUT2D eigenvalue weighted by atomic mass is 10.1. The van der Waals surface area contributed by atoms with Crippen LogP contribution in [0, 0.1) is 0 Å². The van der Waals surface area contributed by atoms with E-state index in [-0.39, 0.29) is 10.6 Å². The lowest BCUT2D eigenvalue weighted by Crippen LogP contribution is -2.30. The normalized spacial score (nSPS) is 13.7. The van der Waals surface area contributed by atoms with Gasteiger partial charge < -0.3 is 15.0 Å². The van der Waals surface area contributed by atoms with Gasteiger partial charge in [-0.05, 0) is 43.5 Å². The van der Waals surface area contributed by atoms with Crippen molar-refractivity contribution in [3.63, 3.8) is 0 Å². The molecular formula is C22H22ClN5O3. The van der Waals surface area contributed by atoms with Crippen molar-refractivity contribution >= 4 is 34.8 Å². The van der Waals surface area contributed by atoms with E-state index in [0.29, 0.717) is 17.1 Å². The molecule has 1 aliphatic heterocycles. The number of piperidine rings is 1. The Morgan fingerprint density at radius 2 is 1.87 bits per heavy atom. The number of carbonyl (C=O) groups excluding carboxylic acids is 1. The number of benzene rings is 1. The average molecular weight is 440 g/mol. The number of para-hydroxylation sites is 1. The summed E-state index contributed by atoms with van der Waals surface area (Å²) in [4.78, 5) is 31.7. The Balaban J connectivity index is 1.59. The lowest BCUT2D eigenvalue weighted by molar-refractivity contribution is 0.0600. The molecule has 4 rings (SSSR count). The van der Waals surface area contributed by atoms with Crippen LogP contribution in [0.3, 0.4) is 0 Å². The molecule has 2 aromatic heterocycles. The number of hydrogen-bond acceptors (Lipinski definition) is 7. The van der Waals surface area contributed by atoms with Crippen LogP contribution in [-0.2, 0) is 4.74 Å². The van der Waals surface area contributed by atoms with E-state index >= 15 is 0 Å². The van der Waals surface area contributed by atoms with Crippen molar-refractivity contribution < 1.29 is 9.53 Å². The summed E-state index contributed by atoms with van der Waals surface area (Å²) in [5, 5.41) is 7.24. The zero-order chi connectivity index (χ0) is 21.8. The average Bonchev–Trinajstić information content (AvgIpc) is 2.83. The fraction of sp³-hybridized carbons (Fsp3) is 0.273. The summed E-state index contributed by atoms with van der Waals surface area (Å²) >= 11 is 6.34. The van der Waals surface area contributed by atoms with E-state index < -0.39 is 11.5 Å². The van der Waals surface area contributed by atoms with Crippen LogP contribution in [0.25, 0.3) is 5.69 Å². The van der Waals surface area contributed by atoms with Gasteiger partial charge in [0.2, 0.25) is 0 Å². The van der Waals surface area contributed by atoms with Crippen LogP contribution in [0.1, 0.15) is 29.6 Å². The van der Waals surface area contributed by atoms with Gasteiger partial charge in [0.1, 0.15) is 10.8 Å². The van der Waals surface area contributed by atoms with Crippen LogP contribution in [0.5, 0.6) is 0 Å². The number of carbonyl (C=O) groups is 1. The Hall–Kier alpha value is -3.39. The second-order valence-corrected chi connectivity index (χ2v) is 7.55. The standard InChI is InChI=1S/C22H22ClN5O3/c1-31-22(30)16-7-3-4-8-18(16)28-21(29)20(23)17(14-25-28)26-15-9-10-19(24-13-15)27-11-5-2-6-12-27/h3-4,7-10,13-14,26H,2,5-6,11-12H2,1H3. The molecule has 0 amide bonds. The molecule has 8 nitrogen and oxygen atoms in total. The van der Waals surface area contributed by atoms with E-state index in [1.807, 2.05) is 12.1 Å². The van der Waals surface area contributed by atoms with E-state index in [9.17, 15) is 9.59 Å². The Bertz CT molecular complexity index is 1140. The number of halogens is 1. The first kappa shape index (κ1) is 20.9. The number of hydrogen-bond donors (Lipinski definition) is 1. The monoisotopic (exact) mass is 439 g/mol. The molecule has 1 aliphatic rings. The zero-order valence-corrected chi connectivity index (χ0v) is 17.8. The minimum absolute atomic E-state index is 0.0465. The van der Waals surface area contributed by atoms with Crippen LogP contribution >= 0.6 is 11.6 Å². The predicted octanol–water partition coefficient (Wildman–Crippen LogP) is 3.80. The minimum atomic E-state index is -0.567. The summed E-state index contributed by atoms with van der Waals surface area (Å²) in [6.07, 6.45) is 6.77. The molecule has 31 heavy (non-hydrogen) atoms. The molecule has 0 atom stereocenters. The highest BCUT2D eigenvalue weighted by Gasteiger charge is 2.18. The van der Waals surface area contributed by atoms with Crippen LogP contribution < -0.4 is 15.8 Å². The smallest absolute Gasteiger partial charge is 0.340 e. The molecular weight excluding hydrogens is 418 g/mol. The maximum atomic E-state index is 12.9. The summed E-state index contributed by atoms with van der Waals surface area (Å²) in [5.74, 6) is 0.367. The Morgan fingerprint density at radius 3 is 2.58 bits per heavy atom. The first-order valence-electron chi connectivity index (χ1n) is 10.0. The fourth-order valence-electron chi connectivity index (χ4n) is 3.56. The van der Waals surface area contributed by atoms with Crippen molar-refractivity contribution in [1.29, 1.82) is 0 Å². The van der Waals surface area contributed by atoms with E-state index in [1.54, 1.807) is 30.5 Å². The number of nitrogens with zero attached hydrogens (tertiary/aromatic N) is 4. The summed E-state index contributed by atoms with van der Waals surface area (Å²) in [6, 6.07) is 10.4. The highest BCUT2D eigenvalue weighted by atomic mass is 35.5. The van der Waals surface area contributed by atoms with Gasteiger partial charge in [-0.1, -0.05) is 23.7 Å². The highest BCUT2D eigenvalue weighted by Crippen LogP contribution is 2.24. The fourth-order valence-corrected chi connectivity index (χ4v) is 3.73. The van der Waals surface area contributed by atoms with E-state index in [2.05, 4.69) is 20.3 Å². The third-order valence-electron chi connectivity index (χ3n) is 5.16. The minimum Gasteiger partial charge on any atom is -0.465 e. The van der Waals surface area contributed by atoms with Gasteiger partial charge in [-0.3, -0.25) is 4.79 Å². The van der Waals surface area contributed by atoms with Gasteiger partial charge in [-0.15, -0.1) is 0 Å². The largest absolute Gasteiger partial charge is 0.465 e. The van der Waals surface area contributed by atoms with Crippen molar-refractivity contribution in [3.05, 3.63) is 69.7 Å². The highest BCUT2D eigenvalue weighted by molar-refractivity contribution is 6.33. The van der Waals surface area contributed by atoms with Crippen LogP contribution in [0.2, 0.25) is 5.02 Å². The molecule has 0 radical (unpaired) electrons. The number of rotatable bonds is 5. The third-order valence-corrected chi connectivity index (χ3v) is 5.53. The quantitative estimate of drug-likeness (QED) is 0.604. The molecule has 160 valence electrons. The Kier molecular flexibility index (Phi) is 6.18. The molecule has 3 heterocycles. The molecule has 0 unspecified atom stereocenters.